The molecule has 0 aromatic carbocycles. The van der Waals surface area contributed by atoms with Gasteiger partial charge in [0.2, 0.25) is 0 Å². The van der Waals surface area contributed by atoms with Crippen LogP contribution in [0.5, 0.6) is 0 Å². The molecule has 0 saturated heterocycles. The molecule has 102 valence electrons. The third-order valence-corrected chi connectivity index (χ3v) is 3.76. The van der Waals surface area contributed by atoms with Crippen LogP contribution in [0.4, 0.5) is 0 Å². The highest BCUT2D eigenvalue weighted by molar-refractivity contribution is 7.99. The molecule has 0 aliphatic carbocycles. The molecule has 5 heteroatoms. The number of nitrogens with one attached hydrogen (secondary N) is 1. The van der Waals surface area contributed by atoms with Gasteiger partial charge in [0, 0.05) is 23.5 Å². The molecule has 1 aromatic rings. The first-order valence-electron chi connectivity index (χ1n) is 6.08. The normalized spacial score (nSPS) is 14.8. The number of thioether (sulfide) groups is 1. The standard InChI is InChI=1S/C13H21ClN2OS/c1-10(2)16-13(3,9-17)6-7-18-12-5-4-11(14)8-15-12/h4-5,8,10,16-17H,6-7,9H2,1-3H3. The van der Waals surface area contributed by atoms with Gasteiger partial charge in [-0.05, 0) is 25.5 Å². The fourth-order valence-electron chi connectivity index (χ4n) is 1.72. The largest absolute Gasteiger partial charge is 0.394 e. The van der Waals surface area contributed by atoms with E-state index < -0.39 is 0 Å². The number of rotatable bonds is 7. The summed E-state index contributed by atoms with van der Waals surface area (Å²) in [6, 6.07) is 4.12. The summed E-state index contributed by atoms with van der Waals surface area (Å²) in [5, 5.41) is 14.5. The molecule has 1 heterocycles. The number of hydrogen-bond acceptors (Lipinski definition) is 4. The number of pyridine rings is 1. The van der Waals surface area contributed by atoms with Crippen LogP contribution in [0, 0.1) is 0 Å². The van der Waals surface area contributed by atoms with Gasteiger partial charge in [0.15, 0.2) is 0 Å². The number of aliphatic hydroxyl groups excluding tert-OH is 1. The molecular formula is C13H21ClN2OS. The maximum atomic E-state index is 9.46. The monoisotopic (exact) mass is 288 g/mol. The van der Waals surface area contributed by atoms with Crippen LogP contribution in [0.1, 0.15) is 27.2 Å². The maximum Gasteiger partial charge on any atom is 0.0960 e. The van der Waals surface area contributed by atoms with Crippen LogP contribution in [-0.4, -0.2) is 34.0 Å². The Balaban J connectivity index is 2.41. The molecule has 1 atom stereocenters. The lowest BCUT2D eigenvalue weighted by Gasteiger charge is -2.31. The van der Waals surface area contributed by atoms with Crippen molar-refractivity contribution in [3.8, 4) is 0 Å². The molecule has 1 rings (SSSR count). The van der Waals surface area contributed by atoms with Crippen molar-refractivity contribution in [1.82, 2.24) is 10.3 Å². The van der Waals surface area contributed by atoms with Crippen LogP contribution in [-0.2, 0) is 0 Å². The van der Waals surface area contributed by atoms with Crippen molar-refractivity contribution in [3.63, 3.8) is 0 Å². The molecule has 0 aliphatic heterocycles. The molecule has 18 heavy (non-hydrogen) atoms. The number of nitrogens with zero attached hydrogens (tertiary/aromatic N) is 1. The first-order chi connectivity index (χ1) is 8.45. The first-order valence-corrected chi connectivity index (χ1v) is 7.44. The van der Waals surface area contributed by atoms with Gasteiger partial charge >= 0.3 is 0 Å². The van der Waals surface area contributed by atoms with Crippen LogP contribution in [0.25, 0.3) is 0 Å². The molecule has 2 N–H and O–H groups in total. The van der Waals surface area contributed by atoms with E-state index in [1.807, 2.05) is 19.1 Å². The Kier molecular flexibility index (Phi) is 6.43. The molecule has 1 aromatic heterocycles. The molecule has 0 spiro atoms. The maximum absolute atomic E-state index is 9.46. The van der Waals surface area contributed by atoms with E-state index in [1.54, 1.807) is 18.0 Å². The van der Waals surface area contributed by atoms with Gasteiger partial charge in [-0.15, -0.1) is 11.8 Å². The zero-order valence-electron chi connectivity index (χ0n) is 11.1. The van der Waals surface area contributed by atoms with Crippen LogP contribution in [0.3, 0.4) is 0 Å². The summed E-state index contributed by atoms with van der Waals surface area (Å²) in [4.78, 5) is 4.23. The van der Waals surface area contributed by atoms with Crippen molar-refractivity contribution in [2.75, 3.05) is 12.4 Å². The Hall–Kier alpha value is -0.290. The van der Waals surface area contributed by atoms with Gasteiger partial charge in [-0.25, -0.2) is 4.98 Å². The molecule has 0 radical (unpaired) electrons. The van der Waals surface area contributed by atoms with Gasteiger partial charge < -0.3 is 10.4 Å². The lowest BCUT2D eigenvalue weighted by atomic mass is 9.99. The second-order valence-corrected chi connectivity index (χ2v) is 6.48. The zero-order chi connectivity index (χ0) is 13.6. The highest BCUT2D eigenvalue weighted by Crippen LogP contribution is 2.21. The lowest BCUT2D eigenvalue weighted by Crippen LogP contribution is -2.49. The lowest BCUT2D eigenvalue weighted by molar-refractivity contribution is 0.162. The average Bonchev–Trinajstić information content (AvgIpc) is 2.31. The van der Waals surface area contributed by atoms with Crippen LogP contribution in [0.15, 0.2) is 23.4 Å². The summed E-state index contributed by atoms with van der Waals surface area (Å²) in [6.07, 6.45) is 2.54. The topological polar surface area (TPSA) is 45.1 Å². The van der Waals surface area contributed by atoms with Crippen molar-refractivity contribution in [1.29, 1.82) is 0 Å². The SMILES string of the molecule is CC(C)NC(C)(CO)CCSc1ccc(Cl)cn1. The molecule has 0 aliphatic rings. The van der Waals surface area contributed by atoms with Gasteiger partial charge in [-0.1, -0.05) is 25.4 Å². The smallest absolute Gasteiger partial charge is 0.0960 e. The first kappa shape index (κ1) is 15.8. The minimum Gasteiger partial charge on any atom is -0.394 e. The number of hydrogen-bond donors (Lipinski definition) is 2. The van der Waals surface area contributed by atoms with E-state index in [0.29, 0.717) is 11.1 Å². The van der Waals surface area contributed by atoms with Gasteiger partial charge in [0.25, 0.3) is 0 Å². The van der Waals surface area contributed by atoms with Gasteiger partial charge in [0.1, 0.15) is 0 Å². The second-order valence-electron chi connectivity index (χ2n) is 4.93. The summed E-state index contributed by atoms with van der Waals surface area (Å²) in [6.45, 7) is 6.35. The minimum absolute atomic E-state index is 0.139. The zero-order valence-corrected chi connectivity index (χ0v) is 12.7. The predicted molar refractivity (Wildman–Crippen MR) is 78.4 cm³/mol. The summed E-state index contributed by atoms with van der Waals surface area (Å²) in [7, 11) is 0. The van der Waals surface area contributed by atoms with Crippen molar-refractivity contribution in [3.05, 3.63) is 23.4 Å². The van der Waals surface area contributed by atoms with Crippen LogP contribution < -0.4 is 5.32 Å². The van der Waals surface area contributed by atoms with E-state index in [9.17, 15) is 5.11 Å². The number of aromatic nitrogens is 1. The second kappa shape index (κ2) is 7.34. The van der Waals surface area contributed by atoms with Crippen molar-refractivity contribution >= 4 is 23.4 Å². The van der Waals surface area contributed by atoms with Gasteiger partial charge in [-0.3, -0.25) is 0 Å². The molecule has 0 fully saturated rings. The van der Waals surface area contributed by atoms with E-state index in [-0.39, 0.29) is 12.1 Å². The molecule has 0 saturated carbocycles. The summed E-state index contributed by atoms with van der Waals surface area (Å²) in [5.74, 6) is 0.908. The Morgan fingerprint density at radius 1 is 1.50 bits per heavy atom. The average molecular weight is 289 g/mol. The third kappa shape index (κ3) is 5.57. The summed E-state index contributed by atoms with van der Waals surface area (Å²) >= 11 is 7.46. The van der Waals surface area contributed by atoms with Gasteiger partial charge in [-0.2, -0.15) is 0 Å². The predicted octanol–water partition coefficient (Wildman–Crippen LogP) is 2.97. The molecule has 3 nitrogen and oxygen atoms in total. The fraction of sp³-hybridized carbons (Fsp3) is 0.615. The van der Waals surface area contributed by atoms with Crippen molar-refractivity contribution in [2.45, 2.75) is 43.8 Å². The van der Waals surface area contributed by atoms with E-state index in [1.165, 1.54) is 0 Å². The molecule has 1 unspecified atom stereocenters. The van der Waals surface area contributed by atoms with Crippen molar-refractivity contribution in [2.24, 2.45) is 0 Å². The third-order valence-electron chi connectivity index (χ3n) is 2.59. The van der Waals surface area contributed by atoms with E-state index in [0.717, 1.165) is 17.2 Å². The molecule has 0 bridgehead atoms. The van der Waals surface area contributed by atoms with Gasteiger partial charge in [0.05, 0.1) is 16.7 Å². The van der Waals surface area contributed by atoms with Crippen molar-refractivity contribution < 1.29 is 5.11 Å². The van der Waals surface area contributed by atoms with E-state index in [2.05, 4.69) is 24.1 Å². The summed E-state index contributed by atoms with van der Waals surface area (Å²) in [5.41, 5.74) is -0.229. The highest BCUT2D eigenvalue weighted by atomic mass is 35.5. The minimum atomic E-state index is -0.229. The quantitative estimate of drug-likeness (QED) is 0.757. The number of halogens is 1. The fourth-order valence-corrected chi connectivity index (χ4v) is 2.89. The molecule has 0 amide bonds. The van der Waals surface area contributed by atoms with E-state index in [4.69, 9.17) is 11.6 Å². The van der Waals surface area contributed by atoms with E-state index >= 15 is 0 Å². The van der Waals surface area contributed by atoms with Crippen LogP contribution >= 0.6 is 23.4 Å². The Bertz CT molecular complexity index is 359. The Morgan fingerprint density at radius 3 is 2.72 bits per heavy atom. The highest BCUT2D eigenvalue weighted by Gasteiger charge is 2.23. The Labute approximate surface area is 118 Å². The Morgan fingerprint density at radius 2 is 2.22 bits per heavy atom. The molecular weight excluding hydrogens is 268 g/mol. The van der Waals surface area contributed by atoms with Crippen LogP contribution in [0.2, 0.25) is 5.02 Å². The summed E-state index contributed by atoms with van der Waals surface area (Å²) < 4.78 is 0. The number of aliphatic hydroxyl groups is 1.